The first-order chi connectivity index (χ1) is 18.3. The number of benzene rings is 1. The van der Waals surface area contributed by atoms with Gasteiger partial charge < -0.3 is 10.1 Å². The summed E-state index contributed by atoms with van der Waals surface area (Å²) in [4.78, 5) is 26.5. The fourth-order valence-corrected chi connectivity index (χ4v) is 4.84. The average Bonchev–Trinajstić information content (AvgIpc) is 3.64. The molecule has 0 bridgehead atoms. The van der Waals surface area contributed by atoms with Gasteiger partial charge in [-0.3, -0.25) is 14.2 Å². The lowest BCUT2D eigenvalue weighted by molar-refractivity contribution is -0.134. The number of nitrogens with one attached hydrogen (secondary N) is 1. The molecule has 0 amide bonds. The molecule has 2 heterocycles. The number of anilines is 1. The van der Waals surface area contributed by atoms with Crippen molar-refractivity contribution in [1.82, 2.24) is 14.3 Å². The molecule has 2 saturated carbocycles. The monoisotopic (exact) mass is 560 g/mol. The quantitative estimate of drug-likeness (QED) is 0.380. The summed E-state index contributed by atoms with van der Waals surface area (Å²) in [5, 5.41) is 6.37. The van der Waals surface area contributed by atoms with Gasteiger partial charge in [-0.05, 0) is 19.8 Å². The number of halogens is 7. The van der Waals surface area contributed by atoms with Crippen LogP contribution >= 0.6 is 0 Å². The van der Waals surface area contributed by atoms with Gasteiger partial charge in [-0.25, -0.2) is 35.4 Å². The van der Waals surface area contributed by atoms with Crippen LogP contribution in [0.2, 0.25) is 0 Å². The van der Waals surface area contributed by atoms with Crippen LogP contribution < -0.4 is 21.2 Å². The first-order valence-corrected chi connectivity index (χ1v) is 12.1. The molecular weight excluding hydrogens is 537 g/mol. The van der Waals surface area contributed by atoms with Crippen LogP contribution in [0.15, 0.2) is 34.0 Å². The third kappa shape index (κ3) is 4.52. The second kappa shape index (κ2) is 9.26. The molecule has 210 valence electrons. The van der Waals surface area contributed by atoms with Gasteiger partial charge in [0.1, 0.15) is 22.8 Å². The number of ether oxygens (including phenoxy) is 1. The van der Waals surface area contributed by atoms with Crippen molar-refractivity contribution in [3.8, 4) is 5.75 Å². The maximum absolute atomic E-state index is 14.8. The van der Waals surface area contributed by atoms with Crippen molar-refractivity contribution in [2.75, 3.05) is 5.32 Å². The molecule has 0 radical (unpaired) electrons. The third-order valence-corrected chi connectivity index (χ3v) is 7.28. The highest BCUT2D eigenvalue weighted by atomic mass is 19.3. The summed E-state index contributed by atoms with van der Waals surface area (Å²) in [6, 6.07) is 2.42. The largest absolute Gasteiger partial charge is 0.484 e. The van der Waals surface area contributed by atoms with Crippen LogP contribution in [-0.2, 0) is 12.6 Å². The van der Waals surface area contributed by atoms with Crippen LogP contribution in [0, 0.1) is 5.82 Å². The smallest absolute Gasteiger partial charge is 0.294 e. The molecular formula is C25H23F7N4O3. The highest BCUT2D eigenvalue weighted by Crippen LogP contribution is 2.49. The Morgan fingerprint density at radius 2 is 1.72 bits per heavy atom. The van der Waals surface area contributed by atoms with E-state index in [-0.39, 0.29) is 35.0 Å². The third-order valence-electron chi connectivity index (χ3n) is 7.28. The lowest BCUT2D eigenvalue weighted by Gasteiger charge is -2.35. The van der Waals surface area contributed by atoms with Gasteiger partial charge in [0.15, 0.2) is 11.6 Å². The normalized spacial score (nSPS) is 18.8. The molecule has 2 fully saturated rings. The van der Waals surface area contributed by atoms with Gasteiger partial charge in [0.25, 0.3) is 29.9 Å². The lowest BCUT2D eigenvalue weighted by atomic mass is 9.91. The van der Waals surface area contributed by atoms with Gasteiger partial charge in [-0.15, -0.1) is 0 Å². The molecule has 1 aromatic carbocycles. The molecule has 1 N–H and O–H groups in total. The molecule has 7 nitrogen and oxygen atoms in total. The summed E-state index contributed by atoms with van der Waals surface area (Å²) in [5.41, 5.74) is -4.80. The van der Waals surface area contributed by atoms with Gasteiger partial charge in [0.2, 0.25) is 0 Å². The minimum absolute atomic E-state index is 0.0555. The van der Waals surface area contributed by atoms with Crippen LogP contribution in [-0.4, -0.2) is 32.8 Å². The predicted octanol–water partition coefficient (Wildman–Crippen LogP) is 5.28. The Labute approximate surface area is 216 Å². The molecule has 2 aliphatic carbocycles. The Morgan fingerprint density at radius 3 is 2.28 bits per heavy atom. The Morgan fingerprint density at radius 1 is 1.08 bits per heavy atom. The van der Waals surface area contributed by atoms with E-state index < -0.39 is 77.5 Å². The number of nitrogens with zero attached hydrogens (tertiary/aromatic N) is 3. The van der Waals surface area contributed by atoms with E-state index in [0.29, 0.717) is 0 Å². The molecule has 0 spiro atoms. The highest BCUT2D eigenvalue weighted by molar-refractivity contribution is 5.94. The van der Waals surface area contributed by atoms with Gasteiger partial charge in [0, 0.05) is 31.6 Å². The van der Waals surface area contributed by atoms with E-state index >= 15 is 0 Å². The molecule has 0 saturated heterocycles. The molecule has 0 unspecified atom stereocenters. The summed E-state index contributed by atoms with van der Waals surface area (Å²) >= 11 is 0. The Balaban J connectivity index is 1.68. The molecule has 3 aromatic rings. The van der Waals surface area contributed by atoms with E-state index in [1.807, 2.05) is 0 Å². The number of aryl methyl sites for hydroxylation is 1. The summed E-state index contributed by atoms with van der Waals surface area (Å²) < 4.78 is 103. The van der Waals surface area contributed by atoms with E-state index in [2.05, 4.69) is 10.4 Å². The van der Waals surface area contributed by atoms with Crippen molar-refractivity contribution in [3.63, 3.8) is 0 Å². The van der Waals surface area contributed by atoms with Gasteiger partial charge in [0.05, 0.1) is 17.0 Å². The number of pyridine rings is 1. The van der Waals surface area contributed by atoms with Crippen molar-refractivity contribution in [1.29, 1.82) is 0 Å². The summed E-state index contributed by atoms with van der Waals surface area (Å²) in [6.07, 6.45) is -7.71. The molecule has 5 rings (SSSR count). The molecule has 2 aliphatic rings. The van der Waals surface area contributed by atoms with Gasteiger partial charge >= 0.3 is 0 Å². The fraction of sp³-hybridized carbons (Fsp3) is 0.480. The fourth-order valence-electron chi connectivity index (χ4n) is 4.84. The second-order valence-corrected chi connectivity index (χ2v) is 10.0. The zero-order valence-corrected chi connectivity index (χ0v) is 20.7. The summed E-state index contributed by atoms with van der Waals surface area (Å²) in [6.45, 7) is 1.43. The SMILES string of the molecule is C[C@@H](Nc1nn(C)c(=O)c2c(OC3CC(F)(F)C3)c(=O)n(C3(C(F)F)CC3)cc12)c1cccc(C(F)F)c1F. The number of aromatic nitrogens is 3. The van der Waals surface area contributed by atoms with Gasteiger partial charge in [-0.1, -0.05) is 18.2 Å². The van der Waals surface area contributed by atoms with E-state index in [4.69, 9.17) is 4.74 Å². The maximum Gasteiger partial charge on any atom is 0.294 e. The zero-order valence-electron chi connectivity index (χ0n) is 20.7. The van der Waals surface area contributed by atoms with Crippen LogP contribution in [0.5, 0.6) is 5.75 Å². The Kier molecular flexibility index (Phi) is 6.41. The minimum atomic E-state index is -3.08. The number of fused-ring (bicyclic) bond motifs is 1. The van der Waals surface area contributed by atoms with Crippen molar-refractivity contribution in [2.24, 2.45) is 7.05 Å². The van der Waals surface area contributed by atoms with E-state index in [0.717, 1.165) is 21.5 Å². The number of alkyl halides is 6. The van der Waals surface area contributed by atoms with Crippen molar-refractivity contribution >= 4 is 16.6 Å². The maximum atomic E-state index is 14.8. The van der Waals surface area contributed by atoms with Crippen LogP contribution in [0.3, 0.4) is 0 Å². The lowest BCUT2D eigenvalue weighted by Crippen LogP contribution is -2.45. The first kappa shape index (κ1) is 27.0. The summed E-state index contributed by atoms with van der Waals surface area (Å²) in [7, 11) is 1.23. The van der Waals surface area contributed by atoms with Gasteiger partial charge in [-0.2, -0.15) is 5.10 Å². The zero-order chi connectivity index (χ0) is 28.4. The molecule has 14 heteroatoms. The van der Waals surface area contributed by atoms with Crippen molar-refractivity contribution in [3.05, 3.63) is 62.0 Å². The Hall–Kier alpha value is -3.58. The molecule has 39 heavy (non-hydrogen) atoms. The standard InChI is InChI=1S/C25H23F7N4O3/c1-11(13-4-3-5-14(17(13)26)19(27)28)33-20-15-10-36(24(6-7-24)23(29)30)22(38)18(16(15)21(37)35(2)34-20)39-12-8-25(31,32)9-12/h3-5,10-12,19,23H,6-9H2,1-2H3,(H,33,34)/t11-/m1/s1. The van der Waals surface area contributed by atoms with Crippen LogP contribution in [0.25, 0.3) is 10.8 Å². The van der Waals surface area contributed by atoms with E-state index in [1.54, 1.807) is 0 Å². The topological polar surface area (TPSA) is 78.2 Å². The number of hydrogen-bond acceptors (Lipinski definition) is 5. The number of hydrogen-bond donors (Lipinski definition) is 1. The Bertz CT molecular complexity index is 1560. The molecule has 1 atom stereocenters. The number of rotatable bonds is 8. The van der Waals surface area contributed by atoms with E-state index in [1.165, 1.54) is 26.1 Å². The first-order valence-electron chi connectivity index (χ1n) is 12.1. The van der Waals surface area contributed by atoms with Crippen LogP contribution in [0.4, 0.5) is 36.6 Å². The minimum Gasteiger partial charge on any atom is -0.484 e. The van der Waals surface area contributed by atoms with Crippen molar-refractivity contribution in [2.45, 2.75) is 69.1 Å². The molecule has 2 aromatic heterocycles. The highest BCUT2D eigenvalue weighted by Gasteiger charge is 2.54. The van der Waals surface area contributed by atoms with Crippen LogP contribution in [0.1, 0.15) is 56.2 Å². The average molecular weight is 560 g/mol. The van der Waals surface area contributed by atoms with E-state index in [9.17, 15) is 40.3 Å². The molecule has 0 aliphatic heterocycles. The summed E-state index contributed by atoms with van der Waals surface area (Å²) in [5.74, 6) is -5.02. The predicted molar refractivity (Wildman–Crippen MR) is 126 cm³/mol. The van der Waals surface area contributed by atoms with Crippen molar-refractivity contribution < 1.29 is 35.5 Å². The second-order valence-electron chi connectivity index (χ2n) is 10.0.